The summed E-state index contributed by atoms with van der Waals surface area (Å²) in [5.74, 6) is 2.23. The van der Waals surface area contributed by atoms with Crippen LogP contribution in [0.3, 0.4) is 0 Å². The van der Waals surface area contributed by atoms with Crippen molar-refractivity contribution in [2.24, 2.45) is 34.5 Å². The van der Waals surface area contributed by atoms with Crippen LogP contribution in [0, 0.1) is 57.2 Å². The fourth-order valence-corrected chi connectivity index (χ4v) is 5.55. The van der Waals surface area contributed by atoms with Crippen molar-refractivity contribution in [2.75, 3.05) is 0 Å². The lowest BCUT2D eigenvalue weighted by molar-refractivity contribution is -0.117. The highest BCUT2D eigenvalue weighted by atomic mass is 14.8. The Kier molecular flexibility index (Phi) is 1.30. The minimum Gasteiger partial charge on any atom is -0.198 e. The van der Waals surface area contributed by atoms with Gasteiger partial charge in [0.05, 0.1) is 23.0 Å². The van der Waals surface area contributed by atoms with Crippen molar-refractivity contribution >= 4 is 0 Å². The van der Waals surface area contributed by atoms with E-state index in [0.29, 0.717) is 23.7 Å². The van der Waals surface area contributed by atoms with Gasteiger partial charge in [0.2, 0.25) is 0 Å². The van der Waals surface area contributed by atoms with Gasteiger partial charge < -0.3 is 0 Å². The molecule has 6 atom stereocenters. The first kappa shape index (κ1) is 8.82. The largest absolute Gasteiger partial charge is 0.198 e. The van der Waals surface area contributed by atoms with Crippen LogP contribution >= 0.6 is 0 Å². The predicted molar refractivity (Wildman–Crippen MR) is 57.7 cm³/mol. The standard InChI is InChI=1S/C14H14N2/c15-7-13-4-1-5-14(13,8-16)12-10-3-2-9(6-10)11(12)13/h2-3,9-12H,1,4-6H2/t9-,10+,11+,12-,13-,14-/m1/s1. The molecule has 4 aliphatic carbocycles. The van der Waals surface area contributed by atoms with Crippen LogP contribution in [0.25, 0.3) is 0 Å². The molecule has 2 bridgehead atoms. The van der Waals surface area contributed by atoms with Crippen molar-refractivity contribution < 1.29 is 0 Å². The third kappa shape index (κ3) is 0.584. The molecule has 16 heavy (non-hydrogen) atoms. The molecule has 0 aromatic heterocycles. The molecule has 0 radical (unpaired) electrons. The van der Waals surface area contributed by atoms with Crippen LogP contribution in [-0.4, -0.2) is 0 Å². The summed E-state index contributed by atoms with van der Waals surface area (Å²) in [4.78, 5) is 0. The maximum absolute atomic E-state index is 9.59. The Bertz CT molecular complexity index is 438. The van der Waals surface area contributed by atoms with Gasteiger partial charge in [-0.2, -0.15) is 10.5 Å². The molecule has 0 N–H and O–H groups in total. The summed E-state index contributed by atoms with van der Waals surface area (Å²) in [7, 11) is 0. The second-order valence-electron chi connectivity index (χ2n) is 6.02. The molecule has 0 unspecified atom stereocenters. The molecule has 0 aliphatic heterocycles. The van der Waals surface area contributed by atoms with Crippen molar-refractivity contribution in [1.82, 2.24) is 0 Å². The van der Waals surface area contributed by atoms with Gasteiger partial charge in [-0.3, -0.25) is 0 Å². The predicted octanol–water partition coefficient (Wildman–Crippen LogP) is 2.64. The third-order valence-electron chi connectivity index (χ3n) is 5.93. The number of fused-ring (bicyclic) bond motifs is 8. The summed E-state index contributed by atoms with van der Waals surface area (Å²) in [5, 5.41) is 19.2. The second kappa shape index (κ2) is 2.35. The Morgan fingerprint density at radius 3 is 1.88 bits per heavy atom. The van der Waals surface area contributed by atoms with Gasteiger partial charge in [0.25, 0.3) is 0 Å². The zero-order valence-electron chi connectivity index (χ0n) is 9.19. The Morgan fingerprint density at radius 1 is 0.938 bits per heavy atom. The van der Waals surface area contributed by atoms with E-state index >= 15 is 0 Å². The summed E-state index contributed by atoms with van der Waals surface area (Å²) in [5.41, 5.74) is -0.562. The Morgan fingerprint density at radius 2 is 1.44 bits per heavy atom. The lowest BCUT2D eigenvalue weighted by Crippen LogP contribution is -2.62. The topological polar surface area (TPSA) is 47.6 Å². The molecule has 0 aromatic rings. The smallest absolute Gasteiger partial charge is 0.0800 e. The zero-order valence-corrected chi connectivity index (χ0v) is 9.19. The number of rotatable bonds is 0. The van der Waals surface area contributed by atoms with E-state index in [0.717, 1.165) is 19.3 Å². The molecular weight excluding hydrogens is 196 g/mol. The fourth-order valence-electron chi connectivity index (χ4n) is 5.55. The van der Waals surface area contributed by atoms with Crippen LogP contribution in [0.5, 0.6) is 0 Å². The molecular formula is C14H14N2. The second-order valence-corrected chi connectivity index (χ2v) is 6.02. The van der Waals surface area contributed by atoms with Gasteiger partial charge in [0.1, 0.15) is 0 Å². The number of nitrogens with zero attached hydrogens (tertiary/aromatic N) is 2. The number of hydrogen-bond acceptors (Lipinski definition) is 2. The molecule has 4 rings (SSSR count). The lowest BCUT2D eigenvalue weighted by atomic mass is 9.38. The third-order valence-corrected chi connectivity index (χ3v) is 5.93. The normalized spacial score (nSPS) is 59.6. The summed E-state index contributed by atoms with van der Waals surface area (Å²) in [6.45, 7) is 0. The van der Waals surface area contributed by atoms with Gasteiger partial charge in [-0.05, 0) is 42.9 Å². The van der Waals surface area contributed by atoms with Crippen LogP contribution in [0.1, 0.15) is 25.7 Å². The average Bonchev–Trinajstić information content (AvgIpc) is 2.94. The number of allylic oxidation sites excluding steroid dienone is 2. The average molecular weight is 210 g/mol. The lowest BCUT2D eigenvalue weighted by Gasteiger charge is -2.60. The first-order valence-corrected chi connectivity index (χ1v) is 6.30. The summed E-state index contributed by atoms with van der Waals surface area (Å²) < 4.78 is 0. The molecule has 80 valence electrons. The maximum atomic E-state index is 9.59. The van der Waals surface area contributed by atoms with Gasteiger partial charge in [-0.1, -0.05) is 18.6 Å². The fraction of sp³-hybridized carbons (Fsp3) is 0.714. The van der Waals surface area contributed by atoms with Crippen LogP contribution < -0.4 is 0 Å². The SMILES string of the molecule is N#C[C@@]12CCC[C@@]1(C#N)[C@H]1[C@@H]2[C@@H]2C=C[C@H]1C2. The van der Waals surface area contributed by atoms with Gasteiger partial charge in [0, 0.05) is 0 Å². The van der Waals surface area contributed by atoms with Crippen LogP contribution in [0.15, 0.2) is 12.2 Å². The summed E-state index contributed by atoms with van der Waals surface area (Å²) >= 11 is 0. The van der Waals surface area contributed by atoms with E-state index in [1.807, 2.05) is 0 Å². The Balaban J connectivity index is 1.91. The van der Waals surface area contributed by atoms with Crippen LogP contribution in [0.4, 0.5) is 0 Å². The van der Waals surface area contributed by atoms with E-state index in [-0.39, 0.29) is 10.8 Å². The molecule has 2 nitrogen and oxygen atoms in total. The van der Waals surface area contributed by atoms with Gasteiger partial charge in [-0.25, -0.2) is 0 Å². The first-order valence-electron chi connectivity index (χ1n) is 6.30. The molecule has 0 aromatic carbocycles. The number of hydrogen-bond donors (Lipinski definition) is 0. The van der Waals surface area contributed by atoms with E-state index in [1.54, 1.807) is 0 Å². The van der Waals surface area contributed by atoms with Crippen LogP contribution in [0.2, 0.25) is 0 Å². The van der Waals surface area contributed by atoms with Crippen molar-refractivity contribution in [1.29, 1.82) is 10.5 Å². The monoisotopic (exact) mass is 210 g/mol. The highest BCUT2D eigenvalue weighted by Crippen LogP contribution is 2.80. The molecule has 0 saturated heterocycles. The van der Waals surface area contributed by atoms with Gasteiger partial charge >= 0.3 is 0 Å². The Labute approximate surface area is 95.6 Å². The molecule has 2 heteroatoms. The minimum absolute atomic E-state index is 0.281. The molecule has 3 saturated carbocycles. The highest BCUT2D eigenvalue weighted by Gasteiger charge is 2.79. The molecule has 0 spiro atoms. The quantitative estimate of drug-likeness (QED) is 0.577. The maximum Gasteiger partial charge on any atom is 0.0800 e. The number of nitriles is 2. The van der Waals surface area contributed by atoms with Crippen molar-refractivity contribution in [3.63, 3.8) is 0 Å². The highest BCUT2D eigenvalue weighted by molar-refractivity contribution is 5.40. The van der Waals surface area contributed by atoms with E-state index in [4.69, 9.17) is 0 Å². The van der Waals surface area contributed by atoms with Gasteiger partial charge in [-0.15, -0.1) is 0 Å². The van der Waals surface area contributed by atoms with E-state index in [9.17, 15) is 10.5 Å². The summed E-state index contributed by atoms with van der Waals surface area (Å²) in [6.07, 6.45) is 8.84. The van der Waals surface area contributed by atoms with E-state index in [2.05, 4.69) is 24.3 Å². The van der Waals surface area contributed by atoms with Crippen molar-refractivity contribution in [3.05, 3.63) is 12.2 Å². The zero-order chi connectivity index (χ0) is 11.0. The minimum atomic E-state index is -0.281. The Hall–Kier alpha value is -1.28. The van der Waals surface area contributed by atoms with E-state index in [1.165, 1.54) is 6.42 Å². The molecule has 3 fully saturated rings. The van der Waals surface area contributed by atoms with Crippen molar-refractivity contribution in [2.45, 2.75) is 25.7 Å². The van der Waals surface area contributed by atoms with Crippen molar-refractivity contribution in [3.8, 4) is 12.1 Å². The molecule has 0 heterocycles. The molecule has 0 amide bonds. The van der Waals surface area contributed by atoms with E-state index < -0.39 is 0 Å². The van der Waals surface area contributed by atoms with Crippen LogP contribution in [-0.2, 0) is 0 Å². The molecule has 4 aliphatic rings. The van der Waals surface area contributed by atoms with Gasteiger partial charge in [0.15, 0.2) is 0 Å². The summed E-state index contributed by atoms with van der Waals surface area (Å²) in [6, 6.07) is 5.14. The first-order chi connectivity index (χ1) is 7.79.